The average molecular weight is 290 g/mol. The van der Waals surface area contributed by atoms with Crippen LogP contribution in [0.3, 0.4) is 0 Å². The number of nitrogens with zero attached hydrogens (tertiary/aromatic N) is 1. The summed E-state index contributed by atoms with van der Waals surface area (Å²) in [6.07, 6.45) is 0.0213. The Morgan fingerprint density at radius 1 is 1.30 bits per heavy atom. The Morgan fingerprint density at radius 3 is 2.30 bits per heavy atom. The number of carboxylic acid groups (broad SMARTS) is 2. The molecule has 8 heteroatoms. The maximum Gasteiger partial charge on any atom is 0.326 e. The molecule has 0 rings (SSSR count). The van der Waals surface area contributed by atoms with Crippen LogP contribution in [-0.2, 0) is 14.3 Å². The van der Waals surface area contributed by atoms with Gasteiger partial charge in [0.1, 0.15) is 6.04 Å². The van der Waals surface area contributed by atoms with E-state index in [1.807, 2.05) is 13.8 Å². The van der Waals surface area contributed by atoms with Gasteiger partial charge in [-0.3, -0.25) is 4.79 Å². The van der Waals surface area contributed by atoms with E-state index in [4.69, 9.17) is 14.9 Å². The SMILES string of the molecule is CCC(C)N(CCOC)C(=O)NC(CC(=O)O)C(=O)O. The van der Waals surface area contributed by atoms with Crippen molar-refractivity contribution in [3.05, 3.63) is 0 Å². The molecular weight excluding hydrogens is 268 g/mol. The molecule has 0 fully saturated rings. The molecule has 0 bridgehead atoms. The third-order valence-corrected chi connectivity index (χ3v) is 2.89. The Kier molecular flexibility index (Phi) is 8.30. The number of ether oxygens (including phenoxy) is 1. The smallest absolute Gasteiger partial charge is 0.326 e. The third-order valence-electron chi connectivity index (χ3n) is 2.89. The van der Waals surface area contributed by atoms with Crippen molar-refractivity contribution in [2.24, 2.45) is 0 Å². The fraction of sp³-hybridized carbons (Fsp3) is 0.750. The zero-order valence-electron chi connectivity index (χ0n) is 12.0. The lowest BCUT2D eigenvalue weighted by Crippen LogP contribution is -2.52. The van der Waals surface area contributed by atoms with E-state index in [-0.39, 0.29) is 6.04 Å². The van der Waals surface area contributed by atoms with Crippen molar-refractivity contribution in [2.45, 2.75) is 38.8 Å². The van der Waals surface area contributed by atoms with E-state index in [1.165, 1.54) is 12.0 Å². The minimum Gasteiger partial charge on any atom is -0.481 e. The van der Waals surface area contributed by atoms with E-state index < -0.39 is 30.4 Å². The van der Waals surface area contributed by atoms with Gasteiger partial charge in [-0.2, -0.15) is 0 Å². The fourth-order valence-electron chi connectivity index (χ4n) is 1.54. The topological polar surface area (TPSA) is 116 Å². The predicted molar refractivity (Wildman–Crippen MR) is 70.5 cm³/mol. The minimum absolute atomic E-state index is 0.107. The number of nitrogens with one attached hydrogen (secondary N) is 1. The lowest BCUT2D eigenvalue weighted by molar-refractivity contribution is -0.145. The molecule has 0 aliphatic rings. The molecule has 0 aromatic heterocycles. The summed E-state index contributed by atoms with van der Waals surface area (Å²) in [5.41, 5.74) is 0. The Morgan fingerprint density at radius 2 is 1.90 bits per heavy atom. The van der Waals surface area contributed by atoms with Gasteiger partial charge >= 0.3 is 18.0 Å². The van der Waals surface area contributed by atoms with Crippen molar-refractivity contribution < 1.29 is 29.3 Å². The van der Waals surface area contributed by atoms with E-state index in [1.54, 1.807) is 0 Å². The van der Waals surface area contributed by atoms with Crippen LogP contribution in [0.5, 0.6) is 0 Å². The number of carboxylic acids is 2. The quantitative estimate of drug-likeness (QED) is 0.565. The van der Waals surface area contributed by atoms with Gasteiger partial charge in [-0.1, -0.05) is 6.92 Å². The average Bonchev–Trinajstić information content (AvgIpc) is 2.37. The van der Waals surface area contributed by atoms with Gasteiger partial charge in [-0.05, 0) is 13.3 Å². The second kappa shape index (κ2) is 9.13. The molecule has 20 heavy (non-hydrogen) atoms. The van der Waals surface area contributed by atoms with Gasteiger partial charge in [-0.25, -0.2) is 9.59 Å². The summed E-state index contributed by atoms with van der Waals surface area (Å²) in [5, 5.41) is 19.8. The molecule has 0 spiro atoms. The lowest BCUT2D eigenvalue weighted by atomic mass is 10.2. The number of hydrogen-bond acceptors (Lipinski definition) is 4. The van der Waals surface area contributed by atoms with Crippen LogP contribution in [0.2, 0.25) is 0 Å². The molecule has 8 nitrogen and oxygen atoms in total. The number of urea groups is 1. The Balaban J connectivity index is 4.77. The molecule has 0 radical (unpaired) electrons. The molecule has 0 aliphatic carbocycles. The van der Waals surface area contributed by atoms with Gasteiger partial charge in [0.15, 0.2) is 0 Å². The highest BCUT2D eigenvalue weighted by Crippen LogP contribution is 2.05. The molecule has 2 unspecified atom stereocenters. The molecule has 2 amide bonds. The molecule has 0 aliphatic heterocycles. The molecule has 3 N–H and O–H groups in total. The van der Waals surface area contributed by atoms with Crippen LogP contribution in [0.4, 0.5) is 4.79 Å². The van der Waals surface area contributed by atoms with Crippen molar-refractivity contribution in [3.8, 4) is 0 Å². The summed E-state index contributed by atoms with van der Waals surface area (Å²) < 4.78 is 4.90. The van der Waals surface area contributed by atoms with Gasteiger partial charge in [0, 0.05) is 19.7 Å². The largest absolute Gasteiger partial charge is 0.481 e. The Bertz CT molecular complexity index is 347. The second-order valence-corrected chi connectivity index (χ2v) is 4.38. The fourth-order valence-corrected chi connectivity index (χ4v) is 1.54. The number of carbonyl (C=O) groups excluding carboxylic acids is 1. The second-order valence-electron chi connectivity index (χ2n) is 4.38. The summed E-state index contributed by atoms with van der Waals surface area (Å²) in [4.78, 5) is 35.0. The first-order chi connectivity index (χ1) is 9.33. The number of carbonyl (C=O) groups is 3. The molecule has 0 saturated carbocycles. The number of methoxy groups -OCH3 is 1. The molecule has 116 valence electrons. The normalized spacial score (nSPS) is 13.3. The van der Waals surface area contributed by atoms with E-state index in [0.717, 1.165) is 0 Å². The van der Waals surface area contributed by atoms with Crippen molar-refractivity contribution in [1.82, 2.24) is 10.2 Å². The van der Waals surface area contributed by atoms with Crippen LogP contribution in [0, 0.1) is 0 Å². The van der Waals surface area contributed by atoms with E-state index in [2.05, 4.69) is 5.32 Å². The van der Waals surface area contributed by atoms with Gasteiger partial charge in [-0.15, -0.1) is 0 Å². The van der Waals surface area contributed by atoms with Gasteiger partial charge in [0.05, 0.1) is 13.0 Å². The standard InChI is InChI=1S/C12H22N2O6/c1-4-8(2)14(5-6-20-3)12(19)13-9(11(17)18)7-10(15)16/h8-9H,4-7H2,1-3H3,(H,13,19)(H,15,16)(H,17,18). The highest BCUT2D eigenvalue weighted by atomic mass is 16.5. The maximum absolute atomic E-state index is 12.0. The number of aliphatic carboxylic acids is 2. The van der Waals surface area contributed by atoms with Gasteiger partial charge < -0.3 is 25.2 Å². The first-order valence-electron chi connectivity index (χ1n) is 6.34. The van der Waals surface area contributed by atoms with Crippen molar-refractivity contribution in [1.29, 1.82) is 0 Å². The summed E-state index contributed by atoms with van der Waals surface area (Å²) in [5.74, 6) is -2.67. The highest BCUT2D eigenvalue weighted by Gasteiger charge is 2.27. The minimum atomic E-state index is -1.45. The molecule has 0 heterocycles. The van der Waals surface area contributed by atoms with E-state index >= 15 is 0 Å². The summed E-state index contributed by atoms with van der Waals surface area (Å²) in [6, 6.07) is -2.16. The van der Waals surface area contributed by atoms with Crippen molar-refractivity contribution >= 4 is 18.0 Å². The highest BCUT2D eigenvalue weighted by molar-refractivity contribution is 5.86. The number of hydrogen-bond donors (Lipinski definition) is 3. The summed E-state index contributed by atoms with van der Waals surface area (Å²) >= 11 is 0. The molecular formula is C12H22N2O6. The Labute approximate surface area is 117 Å². The first-order valence-corrected chi connectivity index (χ1v) is 6.34. The lowest BCUT2D eigenvalue weighted by Gasteiger charge is -2.29. The third kappa shape index (κ3) is 6.37. The van der Waals surface area contributed by atoms with E-state index in [0.29, 0.717) is 19.6 Å². The van der Waals surface area contributed by atoms with Crippen molar-refractivity contribution in [2.75, 3.05) is 20.3 Å². The van der Waals surface area contributed by atoms with Crippen LogP contribution < -0.4 is 5.32 Å². The zero-order chi connectivity index (χ0) is 15.7. The summed E-state index contributed by atoms with van der Waals surface area (Å²) in [6.45, 7) is 4.33. The monoisotopic (exact) mass is 290 g/mol. The predicted octanol–water partition coefficient (Wildman–Crippen LogP) is 0.371. The van der Waals surface area contributed by atoms with Crippen LogP contribution in [0.25, 0.3) is 0 Å². The van der Waals surface area contributed by atoms with Gasteiger partial charge in [0.2, 0.25) is 0 Å². The molecule has 0 saturated heterocycles. The van der Waals surface area contributed by atoms with Crippen LogP contribution in [-0.4, -0.2) is 65.4 Å². The van der Waals surface area contributed by atoms with E-state index in [9.17, 15) is 14.4 Å². The van der Waals surface area contributed by atoms with Crippen LogP contribution in [0.1, 0.15) is 26.7 Å². The molecule has 2 atom stereocenters. The zero-order valence-corrected chi connectivity index (χ0v) is 12.0. The van der Waals surface area contributed by atoms with Crippen LogP contribution in [0.15, 0.2) is 0 Å². The van der Waals surface area contributed by atoms with Gasteiger partial charge in [0.25, 0.3) is 0 Å². The summed E-state index contributed by atoms with van der Waals surface area (Å²) in [7, 11) is 1.50. The van der Waals surface area contributed by atoms with Crippen LogP contribution >= 0.6 is 0 Å². The Hall–Kier alpha value is -1.83. The molecule has 0 aromatic carbocycles. The first kappa shape index (κ1) is 18.2. The van der Waals surface area contributed by atoms with Crippen molar-refractivity contribution in [3.63, 3.8) is 0 Å². The maximum atomic E-state index is 12.0. The molecule has 0 aromatic rings. The number of amides is 2. The number of rotatable bonds is 9.